The highest BCUT2D eigenvalue weighted by Crippen LogP contribution is 2.42. The molecule has 1 aliphatic heterocycles. The zero-order valence-electron chi connectivity index (χ0n) is 17.4. The van der Waals surface area contributed by atoms with Gasteiger partial charge >= 0.3 is 6.18 Å². The summed E-state index contributed by atoms with van der Waals surface area (Å²) in [4.78, 5) is 1.12. The van der Waals surface area contributed by atoms with Crippen molar-refractivity contribution in [3.05, 3.63) is 119 Å². The molecular formula is C27H24F3N. The van der Waals surface area contributed by atoms with Crippen molar-refractivity contribution in [1.82, 2.24) is 4.90 Å². The quantitative estimate of drug-likeness (QED) is 0.452. The molecule has 31 heavy (non-hydrogen) atoms. The van der Waals surface area contributed by atoms with Crippen LogP contribution in [0.25, 0.3) is 5.57 Å². The Kier molecular flexibility index (Phi) is 5.75. The summed E-state index contributed by atoms with van der Waals surface area (Å²) in [5, 5.41) is 0. The Bertz CT molecular complexity index is 1110. The number of hydrogen-bond acceptors (Lipinski definition) is 1. The van der Waals surface area contributed by atoms with Crippen molar-refractivity contribution in [3.63, 3.8) is 0 Å². The van der Waals surface area contributed by atoms with Gasteiger partial charge in [0.2, 0.25) is 0 Å². The summed E-state index contributed by atoms with van der Waals surface area (Å²) in [5.74, 6) is 0.634. The minimum Gasteiger partial charge on any atom is -0.306 e. The van der Waals surface area contributed by atoms with E-state index in [2.05, 4.69) is 42.7 Å². The highest BCUT2D eigenvalue weighted by atomic mass is 19.4. The van der Waals surface area contributed by atoms with Gasteiger partial charge in [0.1, 0.15) is 5.70 Å². The van der Waals surface area contributed by atoms with Gasteiger partial charge in [-0.15, -0.1) is 5.73 Å². The van der Waals surface area contributed by atoms with Crippen LogP contribution in [0.3, 0.4) is 0 Å². The van der Waals surface area contributed by atoms with Crippen molar-refractivity contribution in [2.24, 2.45) is 0 Å². The van der Waals surface area contributed by atoms with Crippen molar-refractivity contribution in [2.45, 2.75) is 38.3 Å². The van der Waals surface area contributed by atoms with E-state index in [0.717, 1.165) is 33.3 Å². The molecule has 0 amide bonds. The molecule has 1 heterocycles. The highest BCUT2D eigenvalue weighted by molar-refractivity contribution is 5.78. The van der Waals surface area contributed by atoms with Gasteiger partial charge in [-0.3, -0.25) is 0 Å². The molecule has 1 aromatic carbocycles. The Labute approximate surface area is 181 Å². The van der Waals surface area contributed by atoms with Crippen LogP contribution in [0.5, 0.6) is 0 Å². The van der Waals surface area contributed by atoms with Gasteiger partial charge in [-0.05, 0) is 66.0 Å². The minimum absolute atomic E-state index is 0.266. The largest absolute Gasteiger partial charge is 0.431 e. The third kappa shape index (κ3) is 4.45. The Hall–Kier alpha value is -3.23. The van der Waals surface area contributed by atoms with Gasteiger partial charge in [0.05, 0.1) is 5.70 Å². The predicted octanol–water partition coefficient (Wildman–Crippen LogP) is 7.72. The zero-order chi connectivity index (χ0) is 22.0. The minimum atomic E-state index is -4.49. The Morgan fingerprint density at radius 1 is 1.16 bits per heavy atom. The standard InChI is InChI=1S/C27H24F3N/c1-3-23-16-15-22(18-31(23)26(4-2)27(28,29)30)25-12-7-5-6-11-24(25)21-10-8-9-20(17-21)19-13-14-19/h4-10,12,15-19H,1,11,13-14H2,2H3. The fourth-order valence-electron chi connectivity index (χ4n) is 4.01. The first-order chi connectivity index (χ1) is 14.9. The van der Waals surface area contributed by atoms with Crippen LogP contribution in [0.15, 0.2) is 108 Å². The summed E-state index contributed by atoms with van der Waals surface area (Å²) in [5.41, 5.74) is 7.31. The summed E-state index contributed by atoms with van der Waals surface area (Å²) >= 11 is 0. The number of halogens is 3. The van der Waals surface area contributed by atoms with E-state index in [1.807, 2.05) is 24.3 Å². The topological polar surface area (TPSA) is 3.24 Å². The fraction of sp³-hybridized carbons (Fsp3) is 0.222. The van der Waals surface area contributed by atoms with Gasteiger partial charge in [0, 0.05) is 6.20 Å². The summed E-state index contributed by atoms with van der Waals surface area (Å²) in [6, 6.07) is 8.55. The lowest BCUT2D eigenvalue weighted by Crippen LogP contribution is -2.28. The first-order valence-electron chi connectivity index (χ1n) is 10.4. The summed E-state index contributed by atoms with van der Waals surface area (Å²) in [6.45, 7) is 4.95. The highest BCUT2D eigenvalue weighted by Gasteiger charge is 2.38. The smallest absolute Gasteiger partial charge is 0.306 e. The number of allylic oxidation sites excluding steroid dienone is 11. The van der Waals surface area contributed by atoms with Gasteiger partial charge in [-0.2, -0.15) is 13.2 Å². The third-order valence-corrected chi connectivity index (χ3v) is 5.71. The van der Waals surface area contributed by atoms with Crippen LogP contribution < -0.4 is 0 Å². The van der Waals surface area contributed by atoms with Gasteiger partial charge < -0.3 is 4.90 Å². The number of nitrogens with zero attached hydrogens (tertiary/aromatic N) is 1. The third-order valence-electron chi connectivity index (χ3n) is 5.71. The zero-order valence-corrected chi connectivity index (χ0v) is 17.4. The molecule has 0 unspecified atom stereocenters. The maximum Gasteiger partial charge on any atom is 0.431 e. The van der Waals surface area contributed by atoms with E-state index < -0.39 is 11.9 Å². The van der Waals surface area contributed by atoms with Gasteiger partial charge in [-0.25, -0.2) is 0 Å². The van der Waals surface area contributed by atoms with Crippen LogP contribution in [-0.2, 0) is 0 Å². The average Bonchev–Trinajstić information content (AvgIpc) is 3.60. The lowest BCUT2D eigenvalue weighted by Gasteiger charge is -2.29. The number of benzene rings is 1. The SMILES string of the molecule is C=C=C1C=CC(C2=C(c3cccc(C4CC4)c3)CC=CC=C2)=CN1C(=CC)C(F)(F)F. The van der Waals surface area contributed by atoms with Gasteiger partial charge in [0.15, 0.2) is 0 Å². The lowest BCUT2D eigenvalue weighted by atomic mass is 9.90. The van der Waals surface area contributed by atoms with Crippen LogP contribution in [0, 0.1) is 0 Å². The van der Waals surface area contributed by atoms with Gasteiger partial charge in [0.25, 0.3) is 0 Å². The van der Waals surface area contributed by atoms with Crippen LogP contribution in [0.2, 0.25) is 0 Å². The second-order valence-electron chi connectivity index (χ2n) is 7.80. The molecule has 1 aromatic rings. The number of rotatable bonds is 4. The predicted molar refractivity (Wildman–Crippen MR) is 120 cm³/mol. The van der Waals surface area contributed by atoms with Crippen molar-refractivity contribution < 1.29 is 13.2 Å². The first-order valence-corrected chi connectivity index (χ1v) is 10.4. The summed E-state index contributed by atoms with van der Waals surface area (Å²) in [6.07, 6.45) is 12.7. The molecule has 1 nitrogen and oxygen atoms in total. The van der Waals surface area contributed by atoms with Gasteiger partial charge in [-0.1, -0.05) is 67.3 Å². The van der Waals surface area contributed by atoms with Crippen LogP contribution in [-0.4, -0.2) is 11.1 Å². The Balaban J connectivity index is 1.83. The first kappa shape index (κ1) is 21.0. The molecule has 0 N–H and O–H groups in total. The molecule has 3 aliphatic rings. The molecule has 158 valence electrons. The lowest BCUT2D eigenvalue weighted by molar-refractivity contribution is -0.105. The van der Waals surface area contributed by atoms with E-state index in [4.69, 9.17) is 0 Å². The molecule has 0 bridgehead atoms. The summed E-state index contributed by atoms with van der Waals surface area (Å²) < 4.78 is 41.0. The molecule has 0 radical (unpaired) electrons. The monoisotopic (exact) mass is 419 g/mol. The van der Waals surface area contributed by atoms with Crippen LogP contribution in [0.4, 0.5) is 13.2 Å². The van der Waals surface area contributed by atoms with Crippen LogP contribution >= 0.6 is 0 Å². The van der Waals surface area contributed by atoms with E-state index in [-0.39, 0.29) is 5.70 Å². The van der Waals surface area contributed by atoms with E-state index in [1.54, 1.807) is 6.08 Å². The van der Waals surface area contributed by atoms with Crippen molar-refractivity contribution in [2.75, 3.05) is 0 Å². The van der Waals surface area contributed by atoms with Crippen molar-refractivity contribution in [1.29, 1.82) is 0 Å². The molecule has 1 saturated carbocycles. The second kappa shape index (κ2) is 8.49. The molecule has 1 fully saturated rings. The average molecular weight is 419 g/mol. The molecule has 4 rings (SSSR count). The number of hydrogen-bond donors (Lipinski definition) is 0. The van der Waals surface area contributed by atoms with E-state index in [1.165, 1.54) is 31.5 Å². The maximum absolute atomic E-state index is 13.7. The van der Waals surface area contributed by atoms with E-state index in [9.17, 15) is 13.2 Å². The molecule has 0 saturated heterocycles. The maximum atomic E-state index is 13.7. The normalized spacial score (nSPS) is 19.5. The van der Waals surface area contributed by atoms with E-state index in [0.29, 0.717) is 12.3 Å². The summed E-state index contributed by atoms with van der Waals surface area (Å²) in [7, 11) is 0. The Morgan fingerprint density at radius 2 is 1.97 bits per heavy atom. The van der Waals surface area contributed by atoms with Crippen LogP contribution in [0.1, 0.15) is 43.2 Å². The van der Waals surface area contributed by atoms with Crippen molar-refractivity contribution >= 4 is 5.57 Å². The Morgan fingerprint density at radius 3 is 2.65 bits per heavy atom. The molecule has 0 aromatic heterocycles. The molecule has 0 spiro atoms. The number of alkyl halides is 3. The molecule has 2 aliphatic carbocycles. The van der Waals surface area contributed by atoms with E-state index >= 15 is 0 Å². The molecule has 0 atom stereocenters. The second-order valence-corrected chi connectivity index (χ2v) is 7.80. The fourth-order valence-corrected chi connectivity index (χ4v) is 4.01. The molecular weight excluding hydrogens is 395 g/mol. The van der Waals surface area contributed by atoms with Crippen molar-refractivity contribution in [3.8, 4) is 0 Å². The molecule has 4 heteroatoms.